The third-order valence-electron chi connectivity index (χ3n) is 4.85. The Bertz CT molecular complexity index is 719. The fraction of sp³-hybridized carbons (Fsp3) is 0.500. The van der Waals surface area contributed by atoms with Crippen molar-refractivity contribution in [3.8, 4) is 0 Å². The predicted octanol–water partition coefficient (Wildman–Crippen LogP) is 5.21. The predicted molar refractivity (Wildman–Crippen MR) is 72.6 cm³/mol. The van der Waals surface area contributed by atoms with Gasteiger partial charge in [0.2, 0.25) is 5.82 Å². The first kappa shape index (κ1) is 20.6. The number of halogens is 9. The zero-order valence-electron chi connectivity index (χ0n) is 13.5. The van der Waals surface area contributed by atoms with Crippen LogP contribution in [0.2, 0.25) is 0 Å². The molecule has 0 fully saturated rings. The molecule has 0 saturated heterocycles. The summed E-state index contributed by atoms with van der Waals surface area (Å²) in [6, 6.07) is 0. The smallest absolute Gasteiger partial charge is 0.200 e. The lowest BCUT2D eigenvalue weighted by molar-refractivity contribution is -0.0578. The van der Waals surface area contributed by atoms with E-state index in [1.165, 1.54) is 0 Å². The molecule has 1 aromatic carbocycles. The molecular formula is C16H13F9O. The summed E-state index contributed by atoms with van der Waals surface area (Å²) in [5.41, 5.74) is -4.11. The minimum atomic E-state index is -2.86. The van der Waals surface area contributed by atoms with Gasteiger partial charge in [-0.2, -0.15) is 0 Å². The van der Waals surface area contributed by atoms with E-state index >= 15 is 0 Å². The molecule has 0 heterocycles. The minimum Gasteiger partial charge on any atom is -0.384 e. The fourth-order valence-electron chi connectivity index (χ4n) is 3.28. The maximum atomic E-state index is 14.3. The number of hydrogen-bond donors (Lipinski definition) is 0. The third kappa shape index (κ3) is 2.69. The molecule has 0 aromatic heterocycles. The molecular weight excluding hydrogens is 379 g/mol. The van der Waals surface area contributed by atoms with Crippen LogP contribution in [0, 0.1) is 40.4 Å². The summed E-state index contributed by atoms with van der Waals surface area (Å²) in [4.78, 5) is 0. The second-order valence-corrected chi connectivity index (χ2v) is 6.11. The van der Waals surface area contributed by atoms with Gasteiger partial charge < -0.3 is 4.74 Å². The van der Waals surface area contributed by atoms with Crippen molar-refractivity contribution in [3.63, 3.8) is 0 Å². The highest BCUT2D eigenvalue weighted by Gasteiger charge is 2.57. The highest BCUT2D eigenvalue weighted by molar-refractivity contribution is 5.37. The quantitative estimate of drug-likeness (QED) is 0.389. The lowest BCUT2D eigenvalue weighted by Gasteiger charge is -2.45. The number of ether oxygens (including phenoxy) is 1. The Morgan fingerprint density at radius 3 is 1.73 bits per heavy atom. The van der Waals surface area contributed by atoms with E-state index in [9.17, 15) is 39.5 Å². The van der Waals surface area contributed by atoms with Gasteiger partial charge in [0, 0.05) is 18.6 Å². The topological polar surface area (TPSA) is 9.23 Å². The number of benzene rings is 1. The Labute approximate surface area is 142 Å². The Balaban J connectivity index is 2.81. The first-order valence-corrected chi connectivity index (χ1v) is 7.32. The molecule has 0 N–H and O–H groups in total. The normalized spacial score (nSPS) is 29.4. The number of hydrogen-bond acceptors (Lipinski definition) is 1. The lowest BCUT2D eigenvalue weighted by Crippen LogP contribution is -2.50. The molecule has 146 valence electrons. The van der Waals surface area contributed by atoms with Crippen LogP contribution in [0.25, 0.3) is 0 Å². The van der Waals surface area contributed by atoms with Crippen LogP contribution in [-0.2, 0) is 4.74 Å². The molecule has 1 aliphatic carbocycles. The molecule has 0 aliphatic heterocycles. The molecule has 2 unspecified atom stereocenters. The summed E-state index contributed by atoms with van der Waals surface area (Å²) in [5.74, 6) is -20.5. The summed E-state index contributed by atoms with van der Waals surface area (Å²) < 4.78 is 129. The first-order chi connectivity index (χ1) is 12.1. The Morgan fingerprint density at radius 2 is 1.31 bits per heavy atom. The molecule has 1 aromatic rings. The van der Waals surface area contributed by atoms with Gasteiger partial charge in [-0.1, -0.05) is 6.92 Å². The van der Waals surface area contributed by atoms with E-state index < -0.39 is 83.0 Å². The largest absolute Gasteiger partial charge is 0.384 e. The SMILES string of the molecule is COC[C@@]1(CF)C(F)C(F)=C(F)C(c2c(F)c(F)c(F)c(F)c2F)[C@H]1C. The van der Waals surface area contributed by atoms with Crippen LogP contribution in [0.1, 0.15) is 18.4 Å². The van der Waals surface area contributed by atoms with Crippen molar-refractivity contribution in [2.24, 2.45) is 11.3 Å². The maximum Gasteiger partial charge on any atom is 0.200 e. The van der Waals surface area contributed by atoms with E-state index in [4.69, 9.17) is 0 Å². The van der Waals surface area contributed by atoms with Crippen LogP contribution in [0.4, 0.5) is 39.5 Å². The monoisotopic (exact) mass is 392 g/mol. The first-order valence-electron chi connectivity index (χ1n) is 7.32. The van der Waals surface area contributed by atoms with Crippen LogP contribution < -0.4 is 0 Å². The molecule has 1 aliphatic rings. The van der Waals surface area contributed by atoms with Gasteiger partial charge in [0.25, 0.3) is 0 Å². The average Bonchev–Trinajstić information content (AvgIpc) is 2.63. The Kier molecular flexibility index (Phi) is 5.65. The van der Waals surface area contributed by atoms with Crippen LogP contribution in [0.5, 0.6) is 0 Å². The Morgan fingerprint density at radius 1 is 0.846 bits per heavy atom. The standard InChI is InChI=1S/C16H13F9O/c1-5-6(7-9(19)11(21)13(23)12(22)10(7)20)8(18)14(24)15(25)16(5,3-17)4-26-2/h5-6,15H,3-4H2,1-2H3/t5-,6?,15?,16-/m1/s1. The molecule has 26 heavy (non-hydrogen) atoms. The van der Waals surface area contributed by atoms with E-state index in [-0.39, 0.29) is 0 Å². The minimum absolute atomic E-state index is 0.821. The highest BCUT2D eigenvalue weighted by atomic mass is 19.2. The number of methoxy groups -OCH3 is 1. The summed E-state index contributed by atoms with van der Waals surface area (Å²) in [7, 11) is 0.997. The average molecular weight is 392 g/mol. The number of alkyl halides is 2. The summed E-state index contributed by atoms with van der Waals surface area (Å²) in [6.45, 7) is -1.53. The van der Waals surface area contributed by atoms with Gasteiger partial charge in [0.15, 0.2) is 35.3 Å². The van der Waals surface area contributed by atoms with Crippen LogP contribution in [0.15, 0.2) is 11.7 Å². The third-order valence-corrected chi connectivity index (χ3v) is 4.85. The van der Waals surface area contributed by atoms with Crippen molar-refractivity contribution in [2.75, 3.05) is 20.4 Å². The van der Waals surface area contributed by atoms with Crippen LogP contribution in [-0.4, -0.2) is 26.6 Å². The molecule has 0 spiro atoms. The second-order valence-electron chi connectivity index (χ2n) is 6.11. The van der Waals surface area contributed by atoms with E-state index in [0.29, 0.717) is 0 Å². The molecule has 4 atom stereocenters. The van der Waals surface area contributed by atoms with Crippen molar-refractivity contribution in [2.45, 2.75) is 19.0 Å². The van der Waals surface area contributed by atoms with Crippen molar-refractivity contribution < 1.29 is 44.3 Å². The van der Waals surface area contributed by atoms with Gasteiger partial charge in [0.05, 0.1) is 12.0 Å². The molecule has 0 saturated carbocycles. The summed E-state index contributed by atoms with van der Waals surface area (Å²) >= 11 is 0. The lowest BCUT2D eigenvalue weighted by atomic mass is 9.62. The zero-order valence-corrected chi connectivity index (χ0v) is 13.5. The zero-order chi connectivity index (χ0) is 20.0. The van der Waals surface area contributed by atoms with Crippen LogP contribution in [0.3, 0.4) is 0 Å². The van der Waals surface area contributed by atoms with Gasteiger partial charge in [-0.25, -0.2) is 35.1 Å². The van der Waals surface area contributed by atoms with E-state index in [2.05, 4.69) is 4.74 Å². The summed E-state index contributed by atoms with van der Waals surface area (Å²) in [5, 5.41) is 0. The summed E-state index contributed by atoms with van der Waals surface area (Å²) in [6.07, 6.45) is -2.86. The van der Waals surface area contributed by atoms with Gasteiger partial charge >= 0.3 is 0 Å². The van der Waals surface area contributed by atoms with Crippen molar-refractivity contribution in [1.82, 2.24) is 0 Å². The van der Waals surface area contributed by atoms with Crippen molar-refractivity contribution in [3.05, 3.63) is 46.3 Å². The van der Waals surface area contributed by atoms with E-state index in [1.807, 2.05) is 0 Å². The molecule has 0 amide bonds. The van der Waals surface area contributed by atoms with E-state index in [0.717, 1.165) is 14.0 Å². The van der Waals surface area contributed by atoms with Gasteiger partial charge in [0.1, 0.15) is 12.5 Å². The van der Waals surface area contributed by atoms with Gasteiger partial charge in [-0.05, 0) is 5.92 Å². The Hall–Kier alpha value is -1.71. The molecule has 0 bridgehead atoms. The number of rotatable bonds is 4. The van der Waals surface area contributed by atoms with Crippen molar-refractivity contribution in [1.29, 1.82) is 0 Å². The van der Waals surface area contributed by atoms with Gasteiger partial charge in [-0.3, -0.25) is 4.39 Å². The van der Waals surface area contributed by atoms with Crippen LogP contribution >= 0.6 is 0 Å². The fourth-order valence-corrected chi connectivity index (χ4v) is 3.28. The second kappa shape index (κ2) is 7.13. The molecule has 0 radical (unpaired) electrons. The highest BCUT2D eigenvalue weighted by Crippen LogP contribution is 2.54. The number of allylic oxidation sites excluding steroid dienone is 2. The molecule has 2 rings (SSSR count). The maximum absolute atomic E-state index is 14.3. The molecule has 1 nitrogen and oxygen atoms in total. The van der Waals surface area contributed by atoms with Gasteiger partial charge in [-0.15, -0.1) is 0 Å². The van der Waals surface area contributed by atoms with Crippen molar-refractivity contribution >= 4 is 0 Å². The molecule has 10 heteroatoms. The van der Waals surface area contributed by atoms with E-state index in [1.54, 1.807) is 0 Å².